The predicted molar refractivity (Wildman–Crippen MR) is 79.7 cm³/mol. The molecule has 0 radical (unpaired) electrons. The number of anilines is 1. The van der Waals surface area contributed by atoms with E-state index in [9.17, 15) is 8.42 Å². The summed E-state index contributed by atoms with van der Waals surface area (Å²) >= 11 is 4.55. The number of nitrogens with one attached hydrogen (secondary N) is 1. The summed E-state index contributed by atoms with van der Waals surface area (Å²) in [6.45, 7) is 2.10. The first kappa shape index (κ1) is 14.4. The van der Waals surface area contributed by atoms with Gasteiger partial charge in [0.1, 0.15) is 10.7 Å². The molecule has 0 aliphatic heterocycles. The molecule has 0 unspecified atom stereocenters. The van der Waals surface area contributed by atoms with E-state index in [1.165, 1.54) is 11.3 Å². The van der Waals surface area contributed by atoms with Crippen LogP contribution < -0.4 is 10.5 Å². The molecule has 0 bridgehead atoms. The maximum atomic E-state index is 12.2. The quantitative estimate of drug-likeness (QED) is 0.875. The molecule has 0 aliphatic rings. The summed E-state index contributed by atoms with van der Waals surface area (Å²) in [5, 5.41) is 0. The third kappa shape index (κ3) is 3.33. The zero-order chi connectivity index (χ0) is 14.0. The topological polar surface area (TPSA) is 85.1 Å². The van der Waals surface area contributed by atoms with Gasteiger partial charge in [0.25, 0.3) is 10.0 Å². The second-order valence-electron chi connectivity index (χ2n) is 3.82. The number of sulfonamides is 1. The molecule has 3 N–H and O–H groups in total. The van der Waals surface area contributed by atoms with Gasteiger partial charge in [0.05, 0.1) is 3.79 Å². The summed E-state index contributed by atoms with van der Waals surface area (Å²) in [5.41, 5.74) is 6.25. The lowest BCUT2D eigenvalue weighted by Crippen LogP contribution is -2.13. The van der Waals surface area contributed by atoms with Crippen LogP contribution in [0.25, 0.3) is 0 Å². The summed E-state index contributed by atoms with van der Waals surface area (Å²) in [7, 11) is -3.65. The van der Waals surface area contributed by atoms with Crippen molar-refractivity contribution >= 4 is 43.1 Å². The predicted octanol–water partition coefficient (Wildman–Crippen LogP) is 2.47. The highest BCUT2D eigenvalue weighted by Crippen LogP contribution is 2.32. The number of nitrogens with two attached hydrogens (primary N) is 1. The Morgan fingerprint density at radius 3 is 2.79 bits per heavy atom. The lowest BCUT2D eigenvalue weighted by molar-refractivity contribution is 0.601. The van der Waals surface area contributed by atoms with Crippen molar-refractivity contribution in [2.45, 2.75) is 18.4 Å². The largest absolute Gasteiger partial charge is 0.326 e. The summed E-state index contributed by atoms with van der Waals surface area (Å²) in [6.07, 6.45) is 0. The second-order valence-corrected chi connectivity index (χ2v) is 7.93. The summed E-state index contributed by atoms with van der Waals surface area (Å²) in [6, 6.07) is 6.71. The van der Waals surface area contributed by atoms with Crippen LogP contribution in [0.1, 0.15) is 10.6 Å². The van der Waals surface area contributed by atoms with Crippen LogP contribution in [0.2, 0.25) is 0 Å². The van der Waals surface area contributed by atoms with Gasteiger partial charge in [-0.25, -0.2) is 13.4 Å². The Balaban J connectivity index is 2.34. The monoisotopic (exact) mass is 361 g/mol. The van der Waals surface area contributed by atoms with Crippen molar-refractivity contribution in [1.82, 2.24) is 4.98 Å². The van der Waals surface area contributed by atoms with E-state index in [-0.39, 0.29) is 4.90 Å². The van der Waals surface area contributed by atoms with Crippen molar-refractivity contribution in [2.75, 3.05) is 4.72 Å². The number of halogens is 1. The summed E-state index contributed by atoms with van der Waals surface area (Å²) in [4.78, 5) is 5.09. The number of aromatic nitrogens is 1. The fourth-order valence-corrected chi connectivity index (χ4v) is 5.04. The third-order valence-corrected chi connectivity index (χ3v) is 5.95. The van der Waals surface area contributed by atoms with Crippen molar-refractivity contribution in [3.63, 3.8) is 0 Å². The van der Waals surface area contributed by atoms with E-state index in [0.717, 1.165) is 10.6 Å². The number of hydrogen-bond acceptors (Lipinski definition) is 5. The molecular formula is C11H12BrN3O2S2. The zero-order valence-corrected chi connectivity index (χ0v) is 13.3. The molecule has 5 nitrogen and oxygen atoms in total. The average molecular weight is 362 g/mol. The Kier molecular flexibility index (Phi) is 4.24. The molecule has 2 heterocycles. The molecule has 8 heteroatoms. The van der Waals surface area contributed by atoms with Gasteiger partial charge in [0, 0.05) is 17.1 Å². The summed E-state index contributed by atoms with van der Waals surface area (Å²) in [5.74, 6) is 0.299. The van der Waals surface area contributed by atoms with Crippen molar-refractivity contribution in [2.24, 2.45) is 5.73 Å². The molecule has 2 aromatic heterocycles. The maximum absolute atomic E-state index is 12.2. The van der Waals surface area contributed by atoms with Crippen LogP contribution in [0, 0.1) is 6.92 Å². The van der Waals surface area contributed by atoms with Gasteiger partial charge in [-0.15, -0.1) is 11.3 Å². The smallest absolute Gasteiger partial charge is 0.265 e. The highest BCUT2D eigenvalue weighted by Gasteiger charge is 2.21. The van der Waals surface area contributed by atoms with Gasteiger partial charge in [0.2, 0.25) is 0 Å². The number of aryl methyl sites for hydroxylation is 1. The van der Waals surface area contributed by atoms with Gasteiger partial charge < -0.3 is 5.73 Å². The number of nitrogens with zero attached hydrogens (tertiary/aromatic N) is 1. The van der Waals surface area contributed by atoms with Crippen molar-refractivity contribution in [3.8, 4) is 0 Å². The molecule has 0 saturated carbocycles. The van der Waals surface area contributed by atoms with Gasteiger partial charge in [-0.1, -0.05) is 6.07 Å². The van der Waals surface area contributed by atoms with Crippen LogP contribution in [-0.4, -0.2) is 13.4 Å². The molecule has 0 fully saturated rings. The van der Waals surface area contributed by atoms with E-state index in [1.54, 1.807) is 31.2 Å². The molecule has 0 spiro atoms. The van der Waals surface area contributed by atoms with E-state index < -0.39 is 10.0 Å². The third-order valence-electron chi connectivity index (χ3n) is 2.32. The SMILES string of the molecule is Cc1cccc(NS(=O)(=O)c2cc(CN)sc2Br)n1. The molecule has 0 aliphatic carbocycles. The van der Waals surface area contributed by atoms with Crippen molar-refractivity contribution in [3.05, 3.63) is 38.6 Å². The first-order valence-electron chi connectivity index (χ1n) is 5.37. The first-order chi connectivity index (χ1) is 8.92. The second kappa shape index (κ2) is 5.58. The van der Waals surface area contributed by atoms with Crippen molar-refractivity contribution in [1.29, 1.82) is 0 Å². The van der Waals surface area contributed by atoms with Crippen LogP contribution >= 0.6 is 27.3 Å². The van der Waals surface area contributed by atoms with E-state index in [1.807, 2.05) is 0 Å². The van der Waals surface area contributed by atoms with Gasteiger partial charge in [0.15, 0.2) is 0 Å². The van der Waals surface area contributed by atoms with Crippen LogP contribution in [0.15, 0.2) is 32.9 Å². The number of rotatable bonds is 4. The highest BCUT2D eigenvalue weighted by atomic mass is 79.9. The zero-order valence-electron chi connectivity index (χ0n) is 10.1. The number of thiophene rings is 1. The molecule has 0 saturated heterocycles. The van der Waals surface area contributed by atoms with Crippen LogP contribution in [0.3, 0.4) is 0 Å². The van der Waals surface area contributed by atoms with Crippen LogP contribution in [0.5, 0.6) is 0 Å². The average Bonchev–Trinajstić information content (AvgIpc) is 2.71. The first-order valence-corrected chi connectivity index (χ1v) is 8.46. The minimum absolute atomic E-state index is 0.182. The Morgan fingerprint density at radius 1 is 1.47 bits per heavy atom. The fraction of sp³-hybridized carbons (Fsp3) is 0.182. The normalized spacial score (nSPS) is 11.5. The van der Waals surface area contributed by atoms with E-state index in [2.05, 4.69) is 25.6 Å². The van der Waals surface area contributed by atoms with Gasteiger partial charge in [-0.3, -0.25) is 4.72 Å². The minimum Gasteiger partial charge on any atom is -0.326 e. The Hall–Kier alpha value is -0.960. The molecule has 2 aromatic rings. The Labute approximate surface area is 124 Å². The molecule has 0 atom stereocenters. The van der Waals surface area contributed by atoms with Gasteiger partial charge in [-0.05, 0) is 41.1 Å². The number of hydrogen-bond donors (Lipinski definition) is 2. The molecule has 2 rings (SSSR count). The molecule has 0 aromatic carbocycles. The van der Waals surface area contributed by atoms with E-state index >= 15 is 0 Å². The minimum atomic E-state index is -3.65. The number of pyridine rings is 1. The maximum Gasteiger partial charge on any atom is 0.265 e. The molecule has 102 valence electrons. The summed E-state index contributed by atoms with van der Waals surface area (Å²) < 4.78 is 27.5. The fourth-order valence-electron chi connectivity index (χ4n) is 1.47. The Morgan fingerprint density at radius 2 is 2.21 bits per heavy atom. The van der Waals surface area contributed by atoms with Gasteiger partial charge in [-0.2, -0.15) is 0 Å². The van der Waals surface area contributed by atoms with Crippen molar-refractivity contribution < 1.29 is 8.42 Å². The highest BCUT2D eigenvalue weighted by molar-refractivity contribution is 9.11. The van der Waals surface area contributed by atoms with Crippen LogP contribution in [-0.2, 0) is 16.6 Å². The molecule has 19 heavy (non-hydrogen) atoms. The lowest BCUT2D eigenvalue weighted by Gasteiger charge is -2.06. The molecular weight excluding hydrogens is 350 g/mol. The van der Waals surface area contributed by atoms with Gasteiger partial charge >= 0.3 is 0 Å². The molecule has 0 amide bonds. The van der Waals surface area contributed by atoms with E-state index in [0.29, 0.717) is 16.1 Å². The van der Waals surface area contributed by atoms with Crippen LogP contribution in [0.4, 0.5) is 5.82 Å². The van der Waals surface area contributed by atoms with E-state index in [4.69, 9.17) is 5.73 Å². The standard InChI is InChI=1S/C11H12BrN3O2S2/c1-7-3-2-4-10(14-7)15-19(16,17)9-5-8(6-13)18-11(9)12/h2-5H,6,13H2,1H3,(H,14,15). The Bertz CT molecular complexity index is 698. The lowest BCUT2D eigenvalue weighted by atomic mass is 10.4.